The van der Waals surface area contributed by atoms with E-state index in [2.05, 4.69) is 41.7 Å². The largest absolute Gasteiger partial charge is 0.471 e. The predicted octanol–water partition coefficient (Wildman–Crippen LogP) is 3.18. The van der Waals surface area contributed by atoms with Gasteiger partial charge in [0.2, 0.25) is 0 Å². The zero-order valence-electron chi connectivity index (χ0n) is 13.0. The van der Waals surface area contributed by atoms with Crippen molar-refractivity contribution in [2.45, 2.75) is 33.4 Å². The molecule has 0 saturated heterocycles. The first-order chi connectivity index (χ1) is 10.7. The Morgan fingerprint density at radius 1 is 1.27 bits per heavy atom. The monoisotopic (exact) mass is 318 g/mol. The molecule has 0 atom stereocenters. The van der Waals surface area contributed by atoms with Crippen LogP contribution in [-0.4, -0.2) is 21.4 Å². The van der Waals surface area contributed by atoms with Crippen LogP contribution in [0.2, 0.25) is 0 Å². The Labute approximate surface area is 136 Å². The van der Waals surface area contributed by atoms with Crippen molar-refractivity contribution in [1.29, 1.82) is 0 Å². The van der Waals surface area contributed by atoms with Crippen molar-refractivity contribution in [1.82, 2.24) is 15.1 Å². The van der Waals surface area contributed by atoms with E-state index in [0.717, 1.165) is 30.8 Å². The second kappa shape index (κ2) is 8.38. The van der Waals surface area contributed by atoms with Crippen LogP contribution in [0, 0.1) is 0 Å². The molecular weight excluding hydrogens is 296 g/mol. The van der Waals surface area contributed by atoms with Crippen LogP contribution in [0.15, 0.2) is 36.7 Å². The zero-order valence-corrected chi connectivity index (χ0v) is 13.8. The van der Waals surface area contributed by atoms with Crippen molar-refractivity contribution in [3.63, 3.8) is 0 Å². The van der Waals surface area contributed by atoms with E-state index < -0.39 is 0 Å². The minimum absolute atomic E-state index is 0.363. The third kappa shape index (κ3) is 5.04. The number of thiocarbonyl (C=S) groups is 1. The number of aromatic nitrogens is 2. The Morgan fingerprint density at radius 2 is 2.05 bits per heavy atom. The number of hydrogen-bond acceptors (Lipinski definition) is 3. The lowest BCUT2D eigenvalue weighted by Gasteiger charge is -2.08. The van der Waals surface area contributed by atoms with Crippen LogP contribution in [-0.2, 0) is 13.2 Å². The van der Waals surface area contributed by atoms with E-state index in [1.807, 2.05) is 18.3 Å². The maximum absolute atomic E-state index is 5.70. The third-order valence-electron chi connectivity index (χ3n) is 3.12. The molecule has 6 heteroatoms. The number of ether oxygens (including phenoxy) is 1. The van der Waals surface area contributed by atoms with Crippen molar-refractivity contribution in [3.8, 4) is 5.75 Å². The van der Waals surface area contributed by atoms with Crippen molar-refractivity contribution in [3.05, 3.63) is 42.2 Å². The molecule has 118 valence electrons. The Kier molecular flexibility index (Phi) is 6.21. The molecule has 5 nitrogen and oxygen atoms in total. The van der Waals surface area contributed by atoms with E-state index in [0.29, 0.717) is 11.8 Å². The number of rotatable bonds is 7. The second-order valence-corrected chi connectivity index (χ2v) is 5.33. The normalized spacial score (nSPS) is 10.3. The van der Waals surface area contributed by atoms with Crippen molar-refractivity contribution < 1.29 is 4.74 Å². The highest BCUT2D eigenvalue weighted by Crippen LogP contribution is 2.13. The second-order valence-electron chi connectivity index (χ2n) is 4.92. The molecule has 1 aromatic carbocycles. The number of benzene rings is 1. The van der Waals surface area contributed by atoms with Crippen LogP contribution in [0.4, 0.5) is 5.69 Å². The van der Waals surface area contributed by atoms with E-state index in [9.17, 15) is 0 Å². The number of nitrogens with one attached hydrogen (secondary N) is 2. The summed E-state index contributed by atoms with van der Waals surface area (Å²) in [4.78, 5) is 0. The summed E-state index contributed by atoms with van der Waals surface area (Å²) in [6.45, 7) is 5.45. The quantitative estimate of drug-likeness (QED) is 0.768. The maximum atomic E-state index is 5.70. The summed E-state index contributed by atoms with van der Waals surface area (Å²) in [7, 11) is 0. The number of nitrogens with zero attached hydrogens (tertiary/aromatic N) is 2. The Bertz CT molecular complexity index is 594. The minimum atomic E-state index is 0.363. The smallest absolute Gasteiger partial charge is 0.180 e. The molecule has 0 bridgehead atoms. The van der Waals surface area contributed by atoms with Gasteiger partial charge >= 0.3 is 0 Å². The SMILES string of the molecule is CCCNC(=S)Nc1cnn(COc2ccc(CC)cc2)c1. The van der Waals surface area contributed by atoms with Crippen LogP contribution in [0.25, 0.3) is 0 Å². The van der Waals surface area contributed by atoms with Crippen molar-refractivity contribution >= 4 is 23.0 Å². The van der Waals surface area contributed by atoms with Crippen LogP contribution in [0.5, 0.6) is 5.75 Å². The molecule has 0 unspecified atom stereocenters. The van der Waals surface area contributed by atoms with Gasteiger partial charge in [-0.3, -0.25) is 0 Å². The van der Waals surface area contributed by atoms with E-state index >= 15 is 0 Å². The topological polar surface area (TPSA) is 51.1 Å². The first kappa shape index (κ1) is 16.3. The van der Waals surface area contributed by atoms with Gasteiger partial charge < -0.3 is 15.4 Å². The fraction of sp³-hybridized carbons (Fsp3) is 0.375. The first-order valence-corrected chi connectivity index (χ1v) is 7.91. The van der Waals surface area contributed by atoms with Gasteiger partial charge in [0, 0.05) is 6.54 Å². The summed E-state index contributed by atoms with van der Waals surface area (Å²) in [5.41, 5.74) is 2.14. The fourth-order valence-corrected chi connectivity index (χ4v) is 2.09. The highest BCUT2D eigenvalue weighted by atomic mass is 32.1. The van der Waals surface area contributed by atoms with Crippen molar-refractivity contribution in [2.24, 2.45) is 0 Å². The van der Waals surface area contributed by atoms with Gasteiger partial charge in [0.1, 0.15) is 5.75 Å². The summed E-state index contributed by atoms with van der Waals surface area (Å²) in [6, 6.07) is 8.10. The molecule has 0 aliphatic carbocycles. The lowest BCUT2D eigenvalue weighted by atomic mass is 10.2. The Balaban J connectivity index is 1.82. The standard InChI is InChI=1S/C16H22N4OS/c1-3-9-17-16(22)19-14-10-18-20(11-14)12-21-15-7-5-13(4-2)6-8-15/h5-8,10-11H,3-4,9,12H2,1-2H3,(H2,17,19,22). The maximum Gasteiger partial charge on any atom is 0.180 e. The Hall–Kier alpha value is -2.08. The molecule has 0 saturated carbocycles. The average Bonchev–Trinajstić information content (AvgIpc) is 2.99. The van der Waals surface area contributed by atoms with E-state index in [4.69, 9.17) is 17.0 Å². The van der Waals surface area contributed by atoms with E-state index in [1.165, 1.54) is 5.56 Å². The molecule has 0 aliphatic heterocycles. The summed E-state index contributed by atoms with van der Waals surface area (Å²) in [6.07, 6.45) is 5.65. The molecule has 0 radical (unpaired) electrons. The first-order valence-electron chi connectivity index (χ1n) is 7.50. The molecule has 2 N–H and O–H groups in total. The average molecular weight is 318 g/mol. The van der Waals surface area contributed by atoms with Gasteiger partial charge in [0.05, 0.1) is 18.1 Å². The van der Waals surface area contributed by atoms with Gasteiger partial charge in [-0.05, 0) is 42.8 Å². The van der Waals surface area contributed by atoms with Gasteiger partial charge in [-0.25, -0.2) is 4.68 Å². The van der Waals surface area contributed by atoms with Crippen molar-refractivity contribution in [2.75, 3.05) is 11.9 Å². The molecule has 0 amide bonds. The summed E-state index contributed by atoms with van der Waals surface area (Å²) >= 11 is 5.19. The Morgan fingerprint density at radius 3 is 2.73 bits per heavy atom. The number of hydrogen-bond donors (Lipinski definition) is 2. The summed E-state index contributed by atoms with van der Waals surface area (Å²) < 4.78 is 7.42. The van der Waals surface area contributed by atoms with Crippen LogP contribution >= 0.6 is 12.2 Å². The lowest BCUT2D eigenvalue weighted by Crippen LogP contribution is -2.28. The van der Waals surface area contributed by atoms with Crippen LogP contribution in [0.3, 0.4) is 0 Å². The summed E-state index contributed by atoms with van der Waals surface area (Å²) in [5, 5.41) is 11.1. The molecule has 22 heavy (non-hydrogen) atoms. The highest BCUT2D eigenvalue weighted by Gasteiger charge is 2.01. The zero-order chi connectivity index (χ0) is 15.8. The molecule has 0 fully saturated rings. The van der Waals surface area contributed by atoms with Crippen LogP contribution < -0.4 is 15.4 Å². The van der Waals surface area contributed by atoms with Gasteiger partial charge in [-0.2, -0.15) is 5.10 Å². The molecular formula is C16H22N4OS. The predicted molar refractivity (Wildman–Crippen MR) is 93.2 cm³/mol. The van der Waals surface area contributed by atoms with Gasteiger partial charge in [0.15, 0.2) is 11.8 Å². The lowest BCUT2D eigenvalue weighted by molar-refractivity contribution is 0.221. The molecule has 1 heterocycles. The number of anilines is 1. The van der Waals surface area contributed by atoms with Gasteiger partial charge in [-0.15, -0.1) is 0 Å². The minimum Gasteiger partial charge on any atom is -0.471 e. The van der Waals surface area contributed by atoms with Gasteiger partial charge in [0.25, 0.3) is 0 Å². The molecule has 2 rings (SSSR count). The fourth-order valence-electron chi connectivity index (χ4n) is 1.87. The van der Waals surface area contributed by atoms with E-state index in [-0.39, 0.29) is 0 Å². The van der Waals surface area contributed by atoms with Crippen LogP contribution in [0.1, 0.15) is 25.8 Å². The van der Waals surface area contributed by atoms with E-state index in [1.54, 1.807) is 10.9 Å². The summed E-state index contributed by atoms with van der Waals surface area (Å²) in [5.74, 6) is 0.836. The third-order valence-corrected chi connectivity index (χ3v) is 3.37. The van der Waals surface area contributed by atoms with Gasteiger partial charge in [-0.1, -0.05) is 26.0 Å². The number of aryl methyl sites for hydroxylation is 1. The molecule has 0 spiro atoms. The highest BCUT2D eigenvalue weighted by molar-refractivity contribution is 7.80. The molecule has 0 aliphatic rings. The molecule has 1 aromatic heterocycles. The molecule has 2 aromatic rings.